The van der Waals surface area contributed by atoms with E-state index in [0.29, 0.717) is 0 Å². The van der Waals surface area contributed by atoms with E-state index >= 15 is 0 Å². The first-order valence-electron chi connectivity index (χ1n) is 5.70. The van der Waals surface area contributed by atoms with E-state index in [0.717, 1.165) is 25.1 Å². The second-order valence-electron chi connectivity index (χ2n) is 4.22. The van der Waals surface area contributed by atoms with Crippen molar-refractivity contribution in [3.05, 3.63) is 29.3 Å². The highest BCUT2D eigenvalue weighted by molar-refractivity contribution is 5.24. The van der Waals surface area contributed by atoms with Crippen molar-refractivity contribution in [3.8, 4) is 0 Å². The summed E-state index contributed by atoms with van der Waals surface area (Å²) in [7, 11) is 3.96. The lowest BCUT2D eigenvalue weighted by atomic mass is 9.99. The number of likely N-dealkylation sites (N-methyl/N-ethyl adjacent to an activating group) is 1. The molecule has 0 fully saturated rings. The molecule has 16 heavy (non-hydrogen) atoms. The Morgan fingerprint density at radius 2 is 2.38 bits per heavy atom. The summed E-state index contributed by atoms with van der Waals surface area (Å²) in [4.78, 5) is 0. The van der Waals surface area contributed by atoms with E-state index in [9.17, 15) is 0 Å². The number of ether oxygens (including phenoxy) is 1. The second kappa shape index (κ2) is 4.70. The standard InChI is InChI=1S/C12H19N3O/c1-9-7-11(15(3)14-9)12(13-2)10-5-4-6-16-8-10/h7-8,12-13H,4-6H2,1-3H3. The molecule has 88 valence electrons. The fourth-order valence-electron chi connectivity index (χ4n) is 2.22. The van der Waals surface area contributed by atoms with Gasteiger partial charge in [0.05, 0.1) is 30.3 Å². The quantitative estimate of drug-likeness (QED) is 0.844. The molecule has 0 amide bonds. The van der Waals surface area contributed by atoms with E-state index < -0.39 is 0 Å². The van der Waals surface area contributed by atoms with Crippen molar-refractivity contribution < 1.29 is 4.74 Å². The van der Waals surface area contributed by atoms with E-state index in [-0.39, 0.29) is 6.04 Å². The molecule has 1 aliphatic heterocycles. The van der Waals surface area contributed by atoms with Crippen molar-refractivity contribution in [2.45, 2.75) is 25.8 Å². The number of hydrogen-bond acceptors (Lipinski definition) is 3. The number of hydrogen-bond donors (Lipinski definition) is 1. The minimum Gasteiger partial charge on any atom is -0.501 e. The van der Waals surface area contributed by atoms with Crippen molar-refractivity contribution in [2.24, 2.45) is 7.05 Å². The van der Waals surface area contributed by atoms with Gasteiger partial charge in [0.1, 0.15) is 0 Å². The van der Waals surface area contributed by atoms with Gasteiger partial charge in [-0.3, -0.25) is 4.68 Å². The Morgan fingerprint density at radius 3 is 2.88 bits per heavy atom. The Labute approximate surface area is 96.3 Å². The van der Waals surface area contributed by atoms with E-state index in [1.807, 2.05) is 32.0 Å². The number of nitrogens with one attached hydrogen (secondary N) is 1. The molecule has 4 heteroatoms. The summed E-state index contributed by atoms with van der Waals surface area (Å²) in [6, 6.07) is 2.34. The maximum absolute atomic E-state index is 5.40. The summed E-state index contributed by atoms with van der Waals surface area (Å²) in [5.74, 6) is 0. The Morgan fingerprint density at radius 1 is 1.56 bits per heavy atom. The zero-order valence-electron chi connectivity index (χ0n) is 10.2. The van der Waals surface area contributed by atoms with Gasteiger partial charge in [-0.15, -0.1) is 0 Å². The lowest BCUT2D eigenvalue weighted by Gasteiger charge is -2.22. The molecule has 1 unspecified atom stereocenters. The number of nitrogens with zero attached hydrogens (tertiary/aromatic N) is 2. The van der Waals surface area contributed by atoms with Gasteiger partial charge in [0, 0.05) is 7.05 Å². The van der Waals surface area contributed by atoms with Crippen LogP contribution >= 0.6 is 0 Å². The lowest BCUT2D eigenvalue weighted by molar-refractivity contribution is 0.219. The SMILES string of the molecule is CNC(C1=COCCC1)c1cc(C)nn1C. The van der Waals surface area contributed by atoms with Gasteiger partial charge in [-0.1, -0.05) is 0 Å². The van der Waals surface area contributed by atoms with E-state index in [2.05, 4.69) is 16.5 Å². The van der Waals surface area contributed by atoms with Crippen LogP contribution in [0, 0.1) is 6.92 Å². The molecule has 0 aliphatic carbocycles. The highest BCUT2D eigenvalue weighted by Crippen LogP contribution is 2.27. The molecule has 0 saturated carbocycles. The minimum atomic E-state index is 0.214. The molecule has 1 aromatic rings. The predicted octanol–water partition coefficient (Wildman–Crippen LogP) is 1.68. The molecule has 1 aliphatic rings. The monoisotopic (exact) mass is 221 g/mol. The van der Waals surface area contributed by atoms with Crippen LogP contribution in [0.25, 0.3) is 0 Å². The first kappa shape index (κ1) is 11.2. The molecule has 0 aromatic carbocycles. The second-order valence-corrected chi connectivity index (χ2v) is 4.22. The Bertz CT molecular complexity index is 395. The molecule has 0 spiro atoms. The summed E-state index contributed by atoms with van der Waals surface area (Å²) >= 11 is 0. The molecular formula is C12H19N3O. The van der Waals surface area contributed by atoms with Crippen molar-refractivity contribution in [1.82, 2.24) is 15.1 Å². The number of aryl methyl sites for hydroxylation is 2. The first-order chi connectivity index (χ1) is 7.72. The predicted molar refractivity (Wildman–Crippen MR) is 63.0 cm³/mol. The summed E-state index contributed by atoms with van der Waals surface area (Å²) < 4.78 is 7.34. The fourth-order valence-corrected chi connectivity index (χ4v) is 2.22. The summed E-state index contributed by atoms with van der Waals surface area (Å²) in [5, 5.41) is 7.72. The average Bonchev–Trinajstić information content (AvgIpc) is 2.61. The molecule has 2 heterocycles. The van der Waals surface area contributed by atoms with Crippen LogP contribution in [0.3, 0.4) is 0 Å². The average molecular weight is 221 g/mol. The van der Waals surface area contributed by atoms with Crippen LogP contribution in [0.1, 0.15) is 30.3 Å². The lowest BCUT2D eigenvalue weighted by Crippen LogP contribution is -2.23. The largest absolute Gasteiger partial charge is 0.501 e. The fraction of sp³-hybridized carbons (Fsp3) is 0.583. The maximum atomic E-state index is 5.40. The van der Waals surface area contributed by atoms with Crippen LogP contribution in [0.4, 0.5) is 0 Å². The third-order valence-corrected chi connectivity index (χ3v) is 2.96. The molecule has 0 bridgehead atoms. The van der Waals surface area contributed by atoms with Gasteiger partial charge in [0.2, 0.25) is 0 Å². The molecule has 2 rings (SSSR count). The minimum absolute atomic E-state index is 0.214. The van der Waals surface area contributed by atoms with Crippen LogP contribution in [0.2, 0.25) is 0 Å². The van der Waals surface area contributed by atoms with Gasteiger partial charge in [-0.25, -0.2) is 0 Å². The van der Waals surface area contributed by atoms with Crippen LogP contribution in [0.15, 0.2) is 17.9 Å². The molecule has 4 nitrogen and oxygen atoms in total. The molecule has 1 N–H and O–H groups in total. The summed E-state index contributed by atoms with van der Waals surface area (Å²) in [6.45, 7) is 2.85. The zero-order chi connectivity index (χ0) is 11.5. The number of aromatic nitrogens is 2. The Hall–Kier alpha value is -1.29. The van der Waals surface area contributed by atoms with Crippen LogP contribution < -0.4 is 5.32 Å². The maximum Gasteiger partial charge on any atom is 0.0876 e. The highest BCUT2D eigenvalue weighted by Gasteiger charge is 2.20. The third-order valence-electron chi connectivity index (χ3n) is 2.96. The highest BCUT2D eigenvalue weighted by atomic mass is 16.5. The van der Waals surface area contributed by atoms with Gasteiger partial charge >= 0.3 is 0 Å². The zero-order valence-corrected chi connectivity index (χ0v) is 10.2. The van der Waals surface area contributed by atoms with Gasteiger partial charge in [0.25, 0.3) is 0 Å². The number of rotatable bonds is 3. The van der Waals surface area contributed by atoms with Crippen molar-refractivity contribution in [2.75, 3.05) is 13.7 Å². The molecule has 0 saturated heterocycles. The smallest absolute Gasteiger partial charge is 0.0876 e. The van der Waals surface area contributed by atoms with Gasteiger partial charge < -0.3 is 10.1 Å². The molecular weight excluding hydrogens is 202 g/mol. The van der Waals surface area contributed by atoms with E-state index in [4.69, 9.17) is 4.74 Å². The van der Waals surface area contributed by atoms with Crippen LogP contribution in [-0.4, -0.2) is 23.4 Å². The van der Waals surface area contributed by atoms with E-state index in [1.165, 1.54) is 11.3 Å². The molecule has 0 radical (unpaired) electrons. The Balaban J connectivity index is 2.28. The normalized spacial score (nSPS) is 17.8. The van der Waals surface area contributed by atoms with Crippen molar-refractivity contribution >= 4 is 0 Å². The summed E-state index contributed by atoms with van der Waals surface area (Å²) in [6.07, 6.45) is 4.09. The van der Waals surface area contributed by atoms with Crippen molar-refractivity contribution in [3.63, 3.8) is 0 Å². The molecule has 1 atom stereocenters. The van der Waals surface area contributed by atoms with Gasteiger partial charge in [0.15, 0.2) is 0 Å². The topological polar surface area (TPSA) is 39.1 Å². The van der Waals surface area contributed by atoms with Crippen LogP contribution in [0.5, 0.6) is 0 Å². The van der Waals surface area contributed by atoms with E-state index in [1.54, 1.807) is 0 Å². The van der Waals surface area contributed by atoms with Gasteiger partial charge in [-0.05, 0) is 38.5 Å². The Kier molecular flexibility index (Phi) is 3.29. The third kappa shape index (κ3) is 2.11. The molecule has 1 aromatic heterocycles. The summed E-state index contributed by atoms with van der Waals surface area (Å²) in [5.41, 5.74) is 3.54. The van der Waals surface area contributed by atoms with Crippen LogP contribution in [-0.2, 0) is 11.8 Å². The first-order valence-corrected chi connectivity index (χ1v) is 5.70. The van der Waals surface area contributed by atoms with Crippen molar-refractivity contribution in [1.29, 1.82) is 0 Å². The van der Waals surface area contributed by atoms with Gasteiger partial charge in [-0.2, -0.15) is 5.10 Å².